The Hall–Kier alpha value is -1.05. The highest BCUT2D eigenvalue weighted by Gasteiger charge is 2.01. The molecule has 0 N–H and O–H groups in total. The first-order valence-corrected chi connectivity index (χ1v) is 10.9. The second-order valence-electron chi connectivity index (χ2n) is 7.72. The van der Waals surface area contributed by atoms with Gasteiger partial charge in [0.05, 0.1) is 0 Å². The second-order valence-corrected chi connectivity index (χ2v) is 7.72. The van der Waals surface area contributed by atoms with Crippen LogP contribution in [0.2, 0.25) is 0 Å². The van der Waals surface area contributed by atoms with Crippen molar-refractivity contribution in [1.82, 2.24) is 9.55 Å². The topological polar surface area (TPSA) is 17.8 Å². The number of allylic oxidation sites excluding steroid dienone is 1. The Bertz CT molecular complexity index is 431. The minimum absolute atomic E-state index is 0.485. The molecule has 1 heterocycles. The SMILES string of the molecule is CCCCCCCCCCCCCCC/C=C/c1nccn1C(C)C. The molecule has 2 nitrogen and oxygen atoms in total. The van der Waals surface area contributed by atoms with Gasteiger partial charge >= 0.3 is 0 Å². The number of aromatic nitrogens is 2. The number of unbranched alkanes of at least 4 members (excludes halogenated alkanes) is 13. The fraction of sp³-hybridized carbons (Fsp3) is 0.783. The minimum atomic E-state index is 0.485. The average Bonchev–Trinajstić information content (AvgIpc) is 3.07. The van der Waals surface area contributed by atoms with E-state index in [0.29, 0.717) is 6.04 Å². The Morgan fingerprint density at radius 2 is 1.36 bits per heavy atom. The Kier molecular flexibility index (Phi) is 13.4. The van der Waals surface area contributed by atoms with Crippen molar-refractivity contribution in [2.24, 2.45) is 0 Å². The summed E-state index contributed by atoms with van der Waals surface area (Å²) in [6.07, 6.45) is 28.1. The molecule has 2 heteroatoms. The number of rotatable bonds is 16. The molecule has 1 aromatic rings. The molecule has 144 valence electrons. The first-order chi connectivity index (χ1) is 12.3. The van der Waals surface area contributed by atoms with E-state index in [0.717, 1.165) is 5.82 Å². The largest absolute Gasteiger partial charge is 0.329 e. The van der Waals surface area contributed by atoms with Crippen LogP contribution in [0, 0.1) is 0 Å². The minimum Gasteiger partial charge on any atom is -0.329 e. The quantitative estimate of drug-likeness (QED) is 0.278. The van der Waals surface area contributed by atoms with Crippen LogP contribution in [0.4, 0.5) is 0 Å². The van der Waals surface area contributed by atoms with Crippen LogP contribution < -0.4 is 0 Å². The normalized spacial score (nSPS) is 11.8. The van der Waals surface area contributed by atoms with E-state index in [2.05, 4.69) is 48.7 Å². The van der Waals surface area contributed by atoms with E-state index in [1.54, 1.807) is 0 Å². The lowest BCUT2D eigenvalue weighted by molar-refractivity contribution is 0.540. The van der Waals surface area contributed by atoms with Gasteiger partial charge in [0.1, 0.15) is 5.82 Å². The zero-order chi connectivity index (χ0) is 18.2. The number of hydrogen-bond donors (Lipinski definition) is 0. The van der Waals surface area contributed by atoms with E-state index in [-0.39, 0.29) is 0 Å². The van der Waals surface area contributed by atoms with Crippen LogP contribution in [-0.4, -0.2) is 9.55 Å². The highest BCUT2D eigenvalue weighted by atomic mass is 15.1. The predicted molar refractivity (Wildman–Crippen MR) is 112 cm³/mol. The van der Waals surface area contributed by atoms with Gasteiger partial charge in [-0.3, -0.25) is 0 Å². The van der Waals surface area contributed by atoms with Crippen LogP contribution in [-0.2, 0) is 0 Å². The molecule has 0 saturated heterocycles. The summed E-state index contributed by atoms with van der Waals surface area (Å²) in [5.74, 6) is 1.09. The molecule has 0 aliphatic carbocycles. The van der Waals surface area contributed by atoms with E-state index >= 15 is 0 Å². The van der Waals surface area contributed by atoms with Gasteiger partial charge in [-0.1, -0.05) is 90.0 Å². The molecule has 1 rings (SSSR count). The molecule has 25 heavy (non-hydrogen) atoms. The summed E-state index contributed by atoms with van der Waals surface area (Å²) >= 11 is 0. The molecule has 0 radical (unpaired) electrons. The molecule has 0 aliphatic rings. The van der Waals surface area contributed by atoms with E-state index < -0.39 is 0 Å². The van der Waals surface area contributed by atoms with Crippen LogP contribution >= 0.6 is 0 Å². The lowest BCUT2D eigenvalue weighted by atomic mass is 10.0. The van der Waals surface area contributed by atoms with Crippen molar-refractivity contribution in [3.05, 3.63) is 24.3 Å². The molecule has 0 fully saturated rings. The van der Waals surface area contributed by atoms with Gasteiger partial charge in [0.2, 0.25) is 0 Å². The van der Waals surface area contributed by atoms with E-state index in [1.807, 2.05) is 6.20 Å². The van der Waals surface area contributed by atoms with Crippen molar-refractivity contribution < 1.29 is 0 Å². The van der Waals surface area contributed by atoms with Crippen LogP contribution in [0.1, 0.15) is 123 Å². The van der Waals surface area contributed by atoms with Crippen molar-refractivity contribution >= 4 is 6.08 Å². The third kappa shape index (κ3) is 11.2. The molecule has 0 atom stereocenters. The maximum absolute atomic E-state index is 4.42. The van der Waals surface area contributed by atoms with E-state index in [1.165, 1.54) is 89.9 Å². The Labute approximate surface area is 157 Å². The lowest BCUT2D eigenvalue weighted by Crippen LogP contribution is -2.01. The van der Waals surface area contributed by atoms with Crippen molar-refractivity contribution in [1.29, 1.82) is 0 Å². The third-order valence-electron chi connectivity index (χ3n) is 5.00. The lowest BCUT2D eigenvalue weighted by Gasteiger charge is -2.08. The fourth-order valence-electron chi connectivity index (χ4n) is 3.36. The molecular weight excluding hydrogens is 304 g/mol. The molecule has 0 bridgehead atoms. The molecule has 0 aromatic carbocycles. The van der Waals surface area contributed by atoms with Crippen molar-refractivity contribution in [3.63, 3.8) is 0 Å². The van der Waals surface area contributed by atoms with Gasteiger partial charge in [-0.25, -0.2) is 4.98 Å². The number of imidazole rings is 1. The van der Waals surface area contributed by atoms with Gasteiger partial charge in [-0.05, 0) is 32.8 Å². The van der Waals surface area contributed by atoms with Crippen LogP contribution in [0.3, 0.4) is 0 Å². The van der Waals surface area contributed by atoms with Crippen molar-refractivity contribution in [2.75, 3.05) is 0 Å². The first-order valence-electron chi connectivity index (χ1n) is 10.9. The molecule has 0 unspecified atom stereocenters. The molecule has 0 aliphatic heterocycles. The number of hydrogen-bond acceptors (Lipinski definition) is 1. The zero-order valence-corrected chi connectivity index (χ0v) is 17.2. The Morgan fingerprint density at radius 1 is 0.840 bits per heavy atom. The van der Waals surface area contributed by atoms with Crippen molar-refractivity contribution in [3.8, 4) is 0 Å². The molecule has 0 saturated carbocycles. The van der Waals surface area contributed by atoms with Gasteiger partial charge in [-0.15, -0.1) is 0 Å². The monoisotopic (exact) mass is 346 g/mol. The van der Waals surface area contributed by atoms with Gasteiger partial charge in [0, 0.05) is 18.4 Å². The van der Waals surface area contributed by atoms with Crippen LogP contribution in [0.5, 0.6) is 0 Å². The summed E-state index contributed by atoms with van der Waals surface area (Å²) in [6, 6.07) is 0.485. The molecular formula is C23H42N2. The van der Waals surface area contributed by atoms with Gasteiger partial charge in [0.25, 0.3) is 0 Å². The summed E-state index contributed by atoms with van der Waals surface area (Å²) in [6.45, 7) is 6.69. The first kappa shape index (κ1) is 22.0. The summed E-state index contributed by atoms with van der Waals surface area (Å²) in [4.78, 5) is 4.42. The van der Waals surface area contributed by atoms with Crippen LogP contribution in [0.25, 0.3) is 6.08 Å². The highest BCUT2D eigenvalue weighted by Crippen LogP contribution is 2.14. The van der Waals surface area contributed by atoms with E-state index in [9.17, 15) is 0 Å². The Morgan fingerprint density at radius 3 is 1.88 bits per heavy atom. The van der Waals surface area contributed by atoms with Gasteiger partial charge in [-0.2, -0.15) is 0 Å². The summed E-state index contributed by atoms with van der Waals surface area (Å²) in [5, 5.41) is 0. The zero-order valence-electron chi connectivity index (χ0n) is 17.2. The van der Waals surface area contributed by atoms with Crippen molar-refractivity contribution in [2.45, 2.75) is 117 Å². The smallest absolute Gasteiger partial charge is 0.132 e. The average molecular weight is 347 g/mol. The maximum Gasteiger partial charge on any atom is 0.132 e. The molecule has 0 amide bonds. The highest BCUT2D eigenvalue weighted by molar-refractivity contribution is 5.40. The van der Waals surface area contributed by atoms with Crippen LogP contribution in [0.15, 0.2) is 18.5 Å². The van der Waals surface area contributed by atoms with Gasteiger partial charge in [0.15, 0.2) is 0 Å². The maximum atomic E-state index is 4.42. The van der Waals surface area contributed by atoms with Gasteiger partial charge < -0.3 is 4.57 Å². The summed E-state index contributed by atoms with van der Waals surface area (Å²) in [5.41, 5.74) is 0. The van der Waals surface area contributed by atoms with E-state index in [4.69, 9.17) is 0 Å². The predicted octanol–water partition coefficient (Wildman–Crippen LogP) is 7.96. The molecule has 0 spiro atoms. The summed E-state index contributed by atoms with van der Waals surface area (Å²) in [7, 11) is 0. The Balaban J connectivity index is 1.87. The fourth-order valence-corrected chi connectivity index (χ4v) is 3.36. The third-order valence-corrected chi connectivity index (χ3v) is 5.00. The standard InChI is InChI=1S/C23H42N2/c1-4-5-6-7-8-9-10-11-12-13-14-15-16-17-18-19-23-24-20-21-25(23)22(2)3/h18-22H,4-17H2,1-3H3/b19-18+. The second kappa shape index (κ2) is 15.2. The summed E-state index contributed by atoms with van der Waals surface area (Å²) < 4.78 is 2.22. The molecule has 1 aromatic heterocycles. The number of nitrogens with zero attached hydrogens (tertiary/aromatic N) is 2.